The number of amides is 1. The van der Waals surface area contributed by atoms with Crippen molar-refractivity contribution in [2.75, 3.05) is 11.5 Å². The molecule has 4 nitrogen and oxygen atoms in total. The molecule has 0 unspecified atom stereocenters. The Bertz CT molecular complexity index is 654. The molecular formula is C16H16N2O2S. The molecule has 1 fully saturated rings. The van der Waals surface area contributed by atoms with E-state index in [0.29, 0.717) is 29.9 Å². The van der Waals surface area contributed by atoms with Crippen molar-refractivity contribution in [2.24, 2.45) is 0 Å². The van der Waals surface area contributed by atoms with Crippen molar-refractivity contribution in [3.63, 3.8) is 0 Å². The van der Waals surface area contributed by atoms with Crippen LogP contribution in [0, 0.1) is 11.3 Å². The van der Waals surface area contributed by atoms with Gasteiger partial charge in [-0.25, -0.2) is 0 Å². The van der Waals surface area contributed by atoms with Crippen molar-refractivity contribution >= 4 is 17.7 Å². The zero-order valence-electron chi connectivity index (χ0n) is 11.8. The predicted molar refractivity (Wildman–Crippen MR) is 81.9 cm³/mol. The van der Waals surface area contributed by atoms with Gasteiger partial charge in [0, 0.05) is 12.2 Å². The van der Waals surface area contributed by atoms with Crippen LogP contribution in [0.2, 0.25) is 0 Å². The van der Waals surface area contributed by atoms with Gasteiger partial charge in [0.2, 0.25) is 0 Å². The standard InChI is InChI=1S/C16H16N2O2S/c1-11-13(8-12-4-2-3-5-14(12)20-11)15(19)18-16(9-17)6-7-21-10-16/h2-5H,6-8,10H2,1H3,(H,18,19)/t16-/m0/s1. The van der Waals surface area contributed by atoms with Gasteiger partial charge >= 0.3 is 0 Å². The Kier molecular flexibility index (Phi) is 3.64. The van der Waals surface area contributed by atoms with E-state index in [4.69, 9.17) is 4.74 Å². The van der Waals surface area contributed by atoms with Crippen LogP contribution in [0.5, 0.6) is 5.75 Å². The zero-order chi connectivity index (χ0) is 14.9. The van der Waals surface area contributed by atoms with Gasteiger partial charge in [0.25, 0.3) is 5.91 Å². The van der Waals surface area contributed by atoms with Crippen molar-refractivity contribution in [2.45, 2.75) is 25.3 Å². The van der Waals surface area contributed by atoms with Crippen LogP contribution in [0.3, 0.4) is 0 Å². The van der Waals surface area contributed by atoms with E-state index in [1.54, 1.807) is 18.7 Å². The number of rotatable bonds is 2. The molecule has 21 heavy (non-hydrogen) atoms. The third kappa shape index (κ3) is 2.64. The third-order valence-corrected chi connectivity index (χ3v) is 5.08. The second kappa shape index (κ2) is 5.45. The number of hydrogen-bond donors (Lipinski definition) is 1. The lowest BCUT2D eigenvalue weighted by Crippen LogP contribution is -2.48. The Balaban J connectivity index is 1.81. The molecule has 3 rings (SSSR count). The molecule has 1 amide bonds. The SMILES string of the molecule is CC1=C(C(=O)N[C@]2(C#N)CCSC2)Cc2ccccc2O1. The van der Waals surface area contributed by atoms with E-state index in [9.17, 15) is 10.1 Å². The molecular weight excluding hydrogens is 284 g/mol. The van der Waals surface area contributed by atoms with Crippen molar-refractivity contribution in [3.05, 3.63) is 41.2 Å². The zero-order valence-corrected chi connectivity index (χ0v) is 12.6. The Labute approximate surface area is 128 Å². The van der Waals surface area contributed by atoms with Crippen LogP contribution in [-0.2, 0) is 11.2 Å². The number of nitrogens with one attached hydrogen (secondary N) is 1. The lowest BCUT2D eigenvalue weighted by molar-refractivity contribution is -0.118. The first kappa shape index (κ1) is 14.0. The lowest BCUT2D eigenvalue weighted by Gasteiger charge is -2.25. The highest BCUT2D eigenvalue weighted by molar-refractivity contribution is 7.99. The van der Waals surface area contributed by atoms with Gasteiger partial charge in [-0.1, -0.05) is 18.2 Å². The molecule has 1 saturated heterocycles. The van der Waals surface area contributed by atoms with Crippen LogP contribution < -0.4 is 10.1 Å². The number of carbonyl (C=O) groups excluding carboxylic acids is 1. The Morgan fingerprint density at radius 1 is 1.48 bits per heavy atom. The van der Waals surface area contributed by atoms with E-state index in [-0.39, 0.29) is 5.91 Å². The van der Waals surface area contributed by atoms with E-state index < -0.39 is 5.54 Å². The molecule has 108 valence electrons. The van der Waals surface area contributed by atoms with Gasteiger partial charge in [0.15, 0.2) is 0 Å². The molecule has 1 aromatic rings. The number of benzene rings is 1. The fraction of sp³-hybridized carbons (Fsp3) is 0.375. The quantitative estimate of drug-likeness (QED) is 0.911. The number of allylic oxidation sites excluding steroid dienone is 1. The second-order valence-corrected chi connectivity index (χ2v) is 6.48. The molecule has 5 heteroatoms. The Morgan fingerprint density at radius 3 is 3.00 bits per heavy atom. The fourth-order valence-corrected chi connectivity index (χ4v) is 3.87. The molecule has 2 aliphatic heterocycles. The molecule has 1 aromatic carbocycles. The number of thioether (sulfide) groups is 1. The Morgan fingerprint density at radius 2 is 2.29 bits per heavy atom. The maximum atomic E-state index is 12.5. The first-order chi connectivity index (χ1) is 10.1. The smallest absolute Gasteiger partial charge is 0.252 e. The van der Waals surface area contributed by atoms with Crippen LogP contribution in [-0.4, -0.2) is 23.0 Å². The van der Waals surface area contributed by atoms with Gasteiger partial charge in [-0.2, -0.15) is 17.0 Å². The van der Waals surface area contributed by atoms with Crippen LogP contribution in [0.15, 0.2) is 35.6 Å². The van der Waals surface area contributed by atoms with E-state index >= 15 is 0 Å². The summed E-state index contributed by atoms with van der Waals surface area (Å²) in [6.07, 6.45) is 1.24. The van der Waals surface area contributed by atoms with Gasteiger partial charge in [-0.05, 0) is 30.7 Å². The van der Waals surface area contributed by atoms with Crippen molar-refractivity contribution < 1.29 is 9.53 Å². The summed E-state index contributed by atoms with van der Waals surface area (Å²) in [6, 6.07) is 9.97. The van der Waals surface area contributed by atoms with Gasteiger partial charge in [-0.15, -0.1) is 0 Å². The number of nitriles is 1. The molecule has 1 N–H and O–H groups in total. The second-order valence-electron chi connectivity index (χ2n) is 5.37. The predicted octanol–water partition coefficient (Wildman–Crippen LogP) is 2.41. The first-order valence-corrected chi connectivity index (χ1v) is 8.06. The minimum absolute atomic E-state index is 0.189. The maximum Gasteiger partial charge on any atom is 0.252 e. The third-order valence-electron chi connectivity index (χ3n) is 3.89. The summed E-state index contributed by atoms with van der Waals surface area (Å²) in [5.41, 5.74) is 0.881. The molecule has 2 aliphatic rings. The number of hydrogen-bond acceptors (Lipinski definition) is 4. The lowest BCUT2D eigenvalue weighted by atomic mass is 9.97. The minimum atomic E-state index is -0.730. The number of nitrogens with zero attached hydrogens (tertiary/aromatic N) is 1. The summed E-state index contributed by atoms with van der Waals surface area (Å²) >= 11 is 1.70. The Hall–Kier alpha value is -1.93. The first-order valence-electron chi connectivity index (χ1n) is 6.90. The summed E-state index contributed by atoms with van der Waals surface area (Å²) in [5.74, 6) is 2.79. The summed E-state index contributed by atoms with van der Waals surface area (Å²) in [5, 5.41) is 12.3. The summed E-state index contributed by atoms with van der Waals surface area (Å²) in [4.78, 5) is 12.5. The maximum absolute atomic E-state index is 12.5. The molecule has 2 heterocycles. The average Bonchev–Trinajstić information content (AvgIpc) is 2.95. The van der Waals surface area contributed by atoms with E-state index in [2.05, 4.69) is 11.4 Å². The average molecular weight is 300 g/mol. The molecule has 0 aliphatic carbocycles. The monoisotopic (exact) mass is 300 g/mol. The fourth-order valence-electron chi connectivity index (χ4n) is 2.60. The summed E-state index contributed by atoms with van der Waals surface area (Å²) in [6.45, 7) is 1.80. The number of ether oxygens (including phenoxy) is 1. The van der Waals surface area contributed by atoms with Gasteiger partial charge in [0.05, 0.1) is 11.6 Å². The summed E-state index contributed by atoms with van der Waals surface area (Å²) in [7, 11) is 0. The number of fused-ring (bicyclic) bond motifs is 1. The van der Waals surface area contributed by atoms with Crippen LogP contribution in [0.4, 0.5) is 0 Å². The summed E-state index contributed by atoms with van der Waals surface area (Å²) < 4.78 is 5.73. The number of para-hydroxylation sites is 1. The van der Waals surface area contributed by atoms with Crippen molar-refractivity contribution in [1.29, 1.82) is 5.26 Å². The highest BCUT2D eigenvalue weighted by Crippen LogP contribution is 2.31. The van der Waals surface area contributed by atoms with Crippen LogP contribution in [0.25, 0.3) is 0 Å². The van der Waals surface area contributed by atoms with Gasteiger partial charge in [-0.3, -0.25) is 4.79 Å². The van der Waals surface area contributed by atoms with E-state index in [1.165, 1.54) is 0 Å². The molecule has 1 atom stereocenters. The highest BCUT2D eigenvalue weighted by atomic mass is 32.2. The van der Waals surface area contributed by atoms with E-state index in [1.807, 2.05) is 24.3 Å². The topological polar surface area (TPSA) is 62.1 Å². The van der Waals surface area contributed by atoms with Crippen molar-refractivity contribution in [1.82, 2.24) is 5.32 Å². The molecule has 0 bridgehead atoms. The highest BCUT2D eigenvalue weighted by Gasteiger charge is 2.37. The van der Waals surface area contributed by atoms with Crippen molar-refractivity contribution in [3.8, 4) is 11.8 Å². The molecule has 0 saturated carbocycles. The van der Waals surface area contributed by atoms with E-state index in [0.717, 1.165) is 17.1 Å². The largest absolute Gasteiger partial charge is 0.461 e. The normalized spacial score (nSPS) is 24.0. The van der Waals surface area contributed by atoms with Gasteiger partial charge < -0.3 is 10.1 Å². The molecule has 0 spiro atoms. The minimum Gasteiger partial charge on any atom is -0.461 e. The molecule has 0 radical (unpaired) electrons. The molecule has 0 aromatic heterocycles. The number of carbonyl (C=O) groups is 1. The van der Waals surface area contributed by atoms with Crippen LogP contribution >= 0.6 is 11.8 Å². The van der Waals surface area contributed by atoms with Crippen LogP contribution in [0.1, 0.15) is 18.9 Å². The van der Waals surface area contributed by atoms with Gasteiger partial charge in [0.1, 0.15) is 17.0 Å².